The maximum atomic E-state index is 11.5. The molecule has 0 saturated carbocycles. The fraction of sp³-hybridized carbons (Fsp3) is 0.438. The Morgan fingerprint density at radius 3 is 2.20 bits per heavy atom. The van der Waals surface area contributed by atoms with Crippen molar-refractivity contribution in [3.63, 3.8) is 0 Å². The van der Waals surface area contributed by atoms with Crippen molar-refractivity contribution >= 4 is 11.8 Å². The molecule has 4 heteroatoms. The molecule has 0 spiro atoms. The minimum atomic E-state index is -0.365. The fourth-order valence-electron chi connectivity index (χ4n) is 2.22. The number of likely N-dealkylation sites (N-methyl/N-ethyl adjacent to an activating group) is 1. The fourth-order valence-corrected chi connectivity index (χ4v) is 2.22. The predicted octanol–water partition coefficient (Wildman–Crippen LogP) is 3.28. The lowest BCUT2D eigenvalue weighted by atomic mass is 10.2. The molecule has 1 aromatic carbocycles. The largest absolute Gasteiger partial charge is 0.414 e. The molecule has 0 unspecified atom stereocenters. The zero-order valence-corrected chi connectivity index (χ0v) is 12.9. The van der Waals surface area contributed by atoms with Gasteiger partial charge in [0.2, 0.25) is 0 Å². The van der Waals surface area contributed by atoms with Crippen molar-refractivity contribution in [3.8, 4) is 5.75 Å². The van der Waals surface area contributed by atoms with Crippen LogP contribution in [0.15, 0.2) is 36.9 Å². The Morgan fingerprint density at radius 1 is 1.25 bits per heavy atom. The summed E-state index contributed by atoms with van der Waals surface area (Å²) in [6.07, 6.45) is 1.59. The monoisotopic (exact) mass is 277 g/mol. The van der Waals surface area contributed by atoms with E-state index in [-0.39, 0.29) is 6.09 Å². The van der Waals surface area contributed by atoms with Gasteiger partial charge in [0.1, 0.15) is 18.0 Å². The molecule has 0 radical (unpaired) electrons. The number of carbonyl (C=O) groups is 1. The van der Waals surface area contributed by atoms with Gasteiger partial charge in [0.15, 0.2) is 0 Å². The van der Waals surface area contributed by atoms with E-state index in [1.807, 2.05) is 30.3 Å². The summed E-state index contributed by atoms with van der Waals surface area (Å²) in [5, 5.41) is 0. The molecule has 1 aromatic rings. The van der Waals surface area contributed by atoms with Crippen LogP contribution in [0.3, 0.4) is 0 Å². The number of carbonyl (C=O) groups excluding carboxylic acids is 1. The van der Waals surface area contributed by atoms with Crippen LogP contribution in [0.2, 0.25) is 0 Å². The van der Waals surface area contributed by atoms with Crippen LogP contribution in [0.1, 0.15) is 13.8 Å². The van der Waals surface area contributed by atoms with E-state index >= 15 is 0 Å². The topological polar surface area (TPSA) is 29.5 Å². The molecule has 1 rings (SSSR count). The molecule has 0 atom stereocenters. The number of hydrogen-bond acceptors (Lipinski definition) is 2. The predicted molar refractivity (Wildman–Crippen MR) is 84.1 cm³/mol. The molecule has 0 saturated heterocycles. The highest BCUT2D eigenvalue weighted by atomic mass is 16.6. The summed E-state index contributed by atoms with van der Waals surface area (Å²) in [5.74, 6) is 0.566. The lowest BCUT2D eigenvalue weighted by molar-refractivity contribution is 0.172. The van der Waals surface area contributed by atoms with E-state index in [4.69, 9.17) is 4.74 Å². The van der Waals surface area contributed by atoms with E-state index in [0.717, 1.165) is 24.1 Å². The van der Waals surface area contributed by atoms with E-state index in [1.54, 1.807) is 14.1 Å². The van der Waals surface area contributed by atoms with Crippen LogP contribution < -0.4 is 9.22 Å². The van der Waals surface area contributed by atoms with E-state index in [9.17, 15) is 4.79 Å². The Morgan fingerprint density at radius 2 is 1.80 bits per heavy atom. The van der Waals surface area contributed by atoms with E-state index < -0.39 is 0 Å². The summed E-state index contributed by atoms with van der Waals surface area (Å²) in [5.41, 5.74) is 1.21. The molecule has 0 heterocycles. The first-order chi connectivity index (χ1) is 9.49. The number of benzene rings is 1. The maximum absolute atomic E-state index is 11.5. The third kappa shape index (κ3) is 3.61. The lowest BCUT2D eigenvalue weighted by Gasteiger charge is -2.35. The van der Waals surface area contributed by atoms with Gasteiger partial charge < -0.3 is 9.64 Å². The molecule has 0 N–H and O–H groups in total. The molecule has 4 nitrogen and oxygen atoms in total. The van der Waals surface area contributed by atoms with E-state index in [2.05, 4.69) is 20.4 Å². The minimum absolute atomic E-state index is 0.365. The third-order valence-corrected chi connectivity index (χ3v) is 3.64. The van der Waals surface area contributed by atoms with Gasteiger partial charge in [0.05, 0.1) is 13.1 Å². The first-order valence-electron chi connectivity index (χ1n) is 6.95. The minimum Gasteiger partial charge on any atom is -0.410 e. The number of hydrogen-bond donors (Lipinski definition) is 0. The van der Waals surface area contributed by atoms with Crippen molar-refractivity contribution in [3.05, 3.63) is 36.9 Å². The second-order valence-electron chi connectivity index (χ2n) is 5.01. The standard InChI is InChI=1S/C16H25N2O2/c1-6-13-18(7-2,8-3)14-9-11-15(12-10-14)20-16(19)17(4)5/h6,9-12H,1,7-8,13H2,2-5H3/q+1. The summed E-state index contributed by atoms with van der Waals surface area (Å²) in [7, 11) is 3.33. The van der Waals surface area contributed by atoms with Gasteiger partial charge in [-0.05, 0) is 32.1 Å². The highest BCUT2D eigenvalue weighted by Gasteiger charge is 2.24. The first kappa shape index (κ1) is 16.2. The van der Waals surface area contributed by atoms with Gasteiger partial charge in [0.25, 0.3) is 0 Å². The van der Waals surface area contributed by atoms with Crippen LogP contribution in [0, 0.1) is 0 Å². The molecular weight excluding hydrogens is 252 g/mol. The van der Waals surface area contributed by atoms with Crippen LogP contribution in [-0.2, 0) is 0 Å². The lowest BCUT2D eigenvalue weighted by Crippen LogP contribution is -2.49. The number of amides is 1. The number of nitrogens with zero attached hydrogens (tertiary/aromatic N) is 2. The smallest absolute Gasteiger partial charge is 0.410 e. The molecule has 0 aromatic heterocycles. The zero-order chi connectivity index (χ0) is 15.2. The molecule has 0 aliphatic rings. The van der Waals surface area contributed by atoms with E-state index in [0.29, 0.717) is 5.75 Å². The van der Waals surface area contributed by atoms with Crippen LogP contribution >= 0.6 is 0 Å². The molecule has 0 bridgehead atoms. The number of rotatable bonds is 6. The average Bonchev–Trinajstić information content (AvgIpc) is 2.45. The summed E-state index contributed by atoms with van der Waals surface area (Å²) < 4.78 is 6.08. The van der Waals surface area contributed by atoms with Gasteiger partial charge in [-0.3, -0.25) is 4.48 Å². The zero-order valence-electron chi connectivity index (χ0n) is 12.9. The summed E-state index contributed by atoms with van der Waals surface area (Å²) in [6.45, 7) is 11.1. The third-order valence-electron chi connectivity index (χ3n) is 3.64. The first-order valence-corrected chi connectivity index (χ1v) is 6.95. The van der Waals surface area contributed by atoms with Gasteiger partial charge >= 0.3 is 6.09 Å². The van der Waals surface area contributed by atoms with Crippen molar-refractivity contribution in [2.24, 2.45) is 0 Å². The number of quaternary nitrogens is 1. The van der Waals surface area contributed by atoms with Crippen LogP contribution in [0.5, 0.6) is 5.75 Å². The molecule has 0 aliphatic heterocycles. The molecule has 0 fully saturated rings. The molecule has 110 valence electrons. The van der Waals surface area contributed by atoms with Crippen LogP contribution in [-0.4, -0.2) is 44.7 Å². The van der Waals surface area contributed by atoms with Gasteiger partial charge in [-0.1, -0.05) is 6.58 Å². The van der Waals surface area contributed by atoms with Crippen LogP contribution in [0.4, 0.5) is 10.5 Å². The van der Waals surface area contributed by atoms with E-state index in [1.165, 1.54) is 10.6 Å². The molecular formula is C16H25N2O2+. The second kappa shape index (κ2) is 7.10. The Balaban J connectivity index is 2.94. The molecule has 0 aliphatic carbocycles. The van der Waals surface area contributed by atoms with Crippen molar-refractivity contribution in [1.82, 2.24) is 9.38 Å². The molecule has 1 amide bonds. The van der Waals surface area contributed by atoms with Crippen molar-refractivity contribution in [1.29, 1.82) is 0 Å². The maximum Gasteiger partial charge on any atom is 0.414 e. The Hall–Kier alpha value is -1.81. The quantitative estimate of drug-likeness (QED) is 0.590. The van der Waals surface area contributed by atoms with Crippen LogP contribution in [0.25, 0.3) is 0 Å². The second-order valence-corrected chi connectivity index (χ2v) is 5.01. The van der Waals surface area contributed by atoms with Crippen molar-refractivity contribution in [2.75, 3.05) is 33.7 Å². The van der Waals surface area contributed by atoms with Crippen molar-refractivity contribution in [2.45, 2.75) is 13.8 Å². The molecule has 20 heavy (non-hydrogen) atoms. The Labute approximate surface area is 121 Å². The SMILES string of the molecule is C=CC[N+](CC)(CC)c1ccc(OC(=O)N(C)C)cc1. The summed E-state index contributed by atoms with van der Waals surface area (Å²) in [4.78, 5) is 12.9. The number of ether oxygens (including phenoxy) is 1. The van der Waals surface area contributed by atoms with Gasteiger partial charge in [-0.25, -0.2) is 4.79 Å². The Bertz CT molecular complexity index is 448. The highest BCUT2D eigenvalue weighted by Crippen LogP contribution is 2.26. The Kier molecular flexibility index (Phi) is 5.77. The normalized spacial score (nSPS) is 11.0. The van der Waals surface area contributed by atoms with Gasteiger partial charge in [-0.2, -0.15) is 0 Å². The van der Waals surface area contributed by atoms with Crippen molar-refractivity contribution < 1.29 is 9.53 Å². The average molecular weight is 277 g/mol. The summed E-state index contributed by atoms with van der Waals surface area (Å²) >= 11 is 0. The summed E-state index contributed by atoms with van der Waals surface area (Å²) in [6, 6.07) is 7.74. The van der Waals surface area contributed by atoms with Gasteiger partial charge in [-0.15, -0.1) is 0 Å². The van der Waals surface area contributed by atoms with Gasteiger partial charge in [0, 0.05) is 26.2 Å². The highest BCUT2D eigenvalue weighted by molar-refractivity contribution is 5.70.